The zero-order valence-electron chi connectivity index (χ0n) is 15.8. The van der Waals surface area contributed by atoms with Gasteiger partial charge in [0.15, 0.2) is 0 Å². The Morgan fingerprint density at radius 2 is 1.88 bits per heavy atom. The minimum Gasteiger partial charge on any atom is -0.444 e. The highest BCUT2D eigenvalue weighted by Crippen LogP contribution is 2.31. The molecule has 0 bridgehead atoms. The second kappa shape index (κ2) is 8.84. The van der Waals surface area contributed by atoms with E-state index in [0.29, 0.717) is 16.2 Å². The molecule has 0 unspecified atom stereocenters. The highest BCUT2D eigenvalue weighted by atomic mass is 79.9. The highest BCUT2D eigenvalue weighted by Gasteiger charge is 2.33. The molecule has 1 aromatic heterocycles. The number of ether oxygens (including phenoxy) is 1. The number of amides is 2. The van der Waals surface area contributed by atoms with Crippen LogP contribution in [0, 0.1) is 11.8 Å². The first-order valence-corrected chi connectivity index (χ1v) is 9.85. The molecule has 144 valence electrons. The number of pyridine rings is 1. The van der Waals surface area contributed by atoms with E-state index >= 15 is 0 Å². The fourth-order valence-electron chi connectivity index (χ4n) is 3.12. The number of nitrogens with zero attached hydrogens (tertiary/aromatic N) is 1. The van der Waals surface area contributed by atoms with E-state index in [1.54, 1.807) is 39.1 Å². The summed E-state index contributed by atoms with van der Waals surface area (Å²) >= 11 is 3.27. The average Bonchev–Trinajstić information content (AvgIpc) is 2.54. The molecule has 0 spiro atoms. The fraction of sp³-hybridized carbons (Fsp3) is 0.632. The monoisotopic (exact) mass is 425 g/mol. The molecule has 0 aromatic carbocycles. The smallest absolute Gasteiger partial charge is 0.408 e. The van der Waals surface area contributed by atoms with Crippen LogP contribution in [0.2, 0.25) is 0 Å². The maximum absolute atomic E-state index is 12.9. The van der Waals surface area contributed by atoms with Gasteiger partial charge in [-0.05, 0) is 73.5 Å². The van der Waals surface area contributed by atoms with Crippen molar-refractivity contribution in [2.45, 2.75) is 65.0 Å². The Morgan fingerprint density at radius 1 is 1.23 bits per heavy atom. The summed E-state index contributed by atoms with van der Waals surface area (Å²) in [6, 6.07) is 2.90. The van der Waals surface area contributed by atoms with E-state index < -0.39 is 17.7 Å². The molecule has 26 heavy (non-hydrogen) atoms. The maximum atomic E-state index is 12.9. The molecular weight excluding hydrogens is 398 g/mol. The van der Waals surface area contributed by atoms with Gasteiger partial charge in [0.05, 0.1) is 11.9 Å². The predicted octanol–water partition coefficient (Wildman–Crippen LogP) is 4.50. The number of hydrogen-bond donors (Lipinski definition) is 2. The average molecular weight is 426 g/mol. The van der Waals surface area contributed by atoms with Crippen molar-refractivity contribution >= 4 is 33.6 Å². The Balaban J connectivity index is 2.09. The Morgan fingerprint density at radius 3 is 2.42 bits per heavy atom. The van der Waals surface area contributed by atoms with Crippen LogP contribution in [0.25, 0.3) is 0 Å². The number of hydrogen-bond acceptors (Lipinski definition) is 4. The van der Waals surface area contributed by atoms with E-state index in [1.807, 2.05) is 0 Å². The molecule has 0 radical (unpaired) electrons. The minimum atomic E-state index is -0.624. The Labute approximate surface area is 163 Å². The molecule has 1 aliphatic rings. The molecule has 1 aromatic rings. The van der Waals surface area contributed by atoms with Crippen LogP contribution in [-0.2, 0) is 9.53 Å². The summed E-state index contributed by atoms with van der Waals surface area (Å²) in [7, 11) is 0. The second-order valence-corrected chi connectivity index (χ2v) is 8.82. The molecule has 1 fully saturated rings. The third-order valence-electron chi connectivity index (χ3n) is 4.48. The van der Waals surface area contributed by atoms with E-state index in [1.165, 1.54) is 0 Å². The first-order chi connectivity index (χ1) is 12.1. The van der Waals surface area contributed by atoms with E-state index in [2.05, 4.69) is 38.5 Å². The van der Waals surface area contributed by atoms with Crippen molar-refractivity contribution in [3.63, 3.8) is 0 Å². The molecular formula is C19H28BrN3O3. The zero-order valence-corrected chi connectivity index (χ0v) is 17.4. The van der Waals surface area contributed by atoms with Crippen LogP contribution in [0.5, 0.6) is 0 Å². The molecule has 1 aliphatic carbocycles. The lowest BCUT2D eigenvalue weighted by atomic mass is 9.79. The van der Waals surface area contributed by atoms with Gasteiger partial charge in [-0.3, -0.25) is 4.79 Å². The molecule has 0 saturated heterocycles. The van der Waals surface area contributed by atoms with Crippen LogP contribution in [0.3, 0.4) is 0 Å². The van der Waals surface area contributed by atoms with Gasteiger partial charge in [-0.15, -0.1) is 0 Å². The second-order valence-electron chi connectivity index (χ2n) is 8.00. The van der Waals surface area contributed by atoms with E-state index in [9.17, 15) is 9.59 Å². The molecule has 2 N–H and O–H groups in total. The molecule has 2 rings (SSSR count). The van der Waals surface area contributed by atoms with Crippen molar-refractivity contribution in [3.8, 4) is 0 Å². The normalized spacial score (nSPS) is 21.6. The fourth-order valence-corrected chi connectivity index (χ4v) is 3.36. The van der Waals surface area contributed by atoms with Crippen LogP contribution in [-0.4, -0.2) is 28.6 Å². The van der Waals surface area contributed by atoms with Crippen LogP contribution in [0.1, 0.15) is 53.4 Å². The van der Waals surface area contributed by atoms with E-state index in [0.717, 1.165) is 25.7 Å². The van der Waals surface area contributed by atoms with Crippen LogP contribution in [0.4, 0.5) is 10.5 Å². The Kier molecular flexibility index (Phi) is 7.03. The van der Waals surface area contributed by atoms with Crippen molar-refractivity contribution in [1.82, 2.24) is 10.3 Å². The first kappa shape index (κ1) is 20.7. The van der Waals surface area contributed by atoms with Crippen LogP contribution in [0.15, 0.2) is 22.9 Å². The van der Waals surface area contributed by atoms with Gasteiger partial charge in [-0.1, -0.05) is 19.8 Å². The van der Waals surface area contributed by atoms with Gasteiger partial charge >= 0.3 is 6.09 Å². The van der Waals surface area contributed by atoms with Crippen LogP contribution >= 0.6 is 15.9 Å². The molecule has 2 amide bonds. The number of rotatable bonds is 4. The summed E-state index contributed by atoms with van der Waals surface area (Å²) in [4.78, 5) is 29.2. The van der Waals surface area contributed by atoms with Crippen molar-refractivity contribution in [3.05, 3.63) is 22.9 Å². The standard InChI is InChI=1S/C19H28BrN3O3/c1-12-5-7-13(8-6-12)16(23-18(25)26-19(2,3)4)17(24)22-14-9-10-15(20)21-11-14/h9-13,16H,5-8H2,1-4H3,(H,22,24)(H,23,25)/t12?,13?,16-/m0/s1. The summed E-state index contributed by atoms with van der Waals surface area (Å²) in [5.74, 6) is 0.522. The molecule has 1 atom stereocenters. The summed E-state index contributed by atoms with van der Waals surface area (Å²) in [6.07, 6.45) is 4.95. The van der Waals surface area contributed by atoms with Gasteiger partial charge in [-0.25, -0.2) is 9.78 Å². The zero-order chi connectivity index (χ0) is 19.3. The number of anilines is 1. The Hall–Kier alpha value is -1.63. The van der Waals surface area contributed by atoms with Crippen molar-refractivity contribution in [2.24, 2.45) is 11.8 Å². The van der Waals surface area contributed by atoms with Gasteiger partial charge < -0.3 is 15.4 Å². The molecule has 6 nitrogen and oxygen atoms in total. The van der Waals surface area contributed by atoms with Crippen molar-refractivity contribution in [1.29, 1.82) is 0 Å². The molecule has 1 saturated carbocycles. The topological polar surface area (TPSA) is 80.3 Å². The first-order valence-electron chi connectivity index (χ1n) is 9.06. The van der Waals surface area contributed by atoms with E-state index in [-0.39, 0.29) is 11.8 Å². The third kappa shape index (κ3) is 6.59. The number of alkyl carbamates (subject to hydrolysis) is 1. The van der Waals surface area contributed by atoms with Crippen molar-refractivity contribution < 1.29 is 14.3 Å². The third-order valence-corrected chi connectivity index (χ3v) is 4.95. The van der Waals surface area contributed by atoms with Gasteiger partial charge in [0.2, 0.25) is 5.91 Å². The lowest BCUT2D eigenvalue weighted by Crippen LogP contribution is -2.50. The summed E-state index contributed by atoms with van der Waals surface area (Å²) in [5.41, 5.74) is -0.0136. The van der Waals surface area contributed by atoms with Gasteiger partial charge in [-0.2, -0.15) is 0 Å². The number of carbonyl (C=O) groups excluding carboxylic acids is 2. The SMILES string of the molecule is CC1CCC([C@H](NC(=O)OC(C)(C)C)C(=O)Nc2ccc(Br)nc2)CC1. The van der Waals surface area contributed by atoms with Crippen LogP contribution < -0.4 is 10.6 Å². The van der Waals surface area contributed by atoms with Gasteiger partial charge in [0.25, 0.3) is 0 Å². The lowest BCUT2D eigenvalue weighted by Gasteiger charge is -2.33. The van der Waals surface area contributed by atoms with Gasteiger partial charge in [0, 0.05) is 0 Å². The number of aromatic nitrogens is 1. The Bertz CT molecular complexity index is 620. The van der Waals surface area contributed by atoms with E-state index in [4.69, 9.17) is 4.74 Å². The quantitative estimate of drug-likeness (QED) is 0.695. The summed E-state index contributed by atoms with van der Waals surface area (Å²) in [5, 5.41) is 5.64. The molecule has 1 heterocycles. The number of carbonyl (C=O) groups is 2. The molecule has 7 heteroatoms. The maximum Gasteiger partial charge on any atom is 0.408 e. The predicted molar refractivity (Wildman–Crippen MR) is 105 cm³/mol. The minimum absolute atomic E-state index is 0.0992. The summed E-state index contributed by atoms with van der Waals surface area (Å²) < 4.78 is 6.04. The number of nitrogens with one attached hydrogen (secondary N) is 2. The van der Waals surface area contributed by atoms with Gasteiger partial charge in [0.1, 0.15) is 16.2 Å². The summed E-state index contributed by atoms with van der Waals surface area (Å²) in [6.45, 7) is 7.63. The lowest BCUT2D eigenvalue weighted by molar-refractivity contribution is -0.119. The van der Waals surface area contributed by atoms with Crippen molar-refractivity contribution in [2.75, 3.05) is 5.32 Å². The largest absolute Gasteiger partial charge is 0.444 e. The molecule has 0 aliphatic heterocycles. The number of halogens is 1. The highest BCUT2D eigenvalue weighted by molar-refractivity contribution is 9.10.